The Bertz CT molecular complexity index is 349. The van der Waals surface area contributed by atoms with E-state index in [1.54, 1.807) is 12.1 Å². The molecule has 0 saturated heterocycles. The quantitative estimate of drug-likeness (QED) is 0.758. The zero-order valence-corrected chi connectivity index (χ0v) is 9.77. The Kier molecular flexibility index (Phi) is 3.81. The van der Waals surface area contributed by atoms with E-state index in [-0.39, 0.29) is 11.7 Å². The van der Waals surface area contributed by atoms with Gasteiger partial charge in [-0.25, -0.2) is 4.39 Å². The van der Waals surface area contributed by atoms with Gasteiger partial charge in [0, 0.05) is 6.42 Å². The van der Waals surface area contributed by atoms with Crippen molar-refractivity contribution in [2.24, 2.45) is 0 Å². The summed E-state index contributed by atoms with van der Waals surface area (Å²) in [7, 11) is 0. The summed E-state index contributed by atoms with van der Waals surface area (Å²) in [4.78, 5) is 10.3. The van der Waals surface area contributed by atoms with E-state index in [4.69, 9.17) is 0 Å². The largest absolute Gasteiger partial charge is 0.303 e. The van der Waals surface area contributed by atoms with Crippen LogP contribution in [0.3, 0.4) is 0 Å². The van der Waals surface area contributed by atoms with Crippen LogP contribution in [0, 0.1) is 12.7 Å². The SMILES string of the molecule is Cc1cc(Br)c(F)c(C(C)CC=O)c1. The zero-order chi connectivity index (χ0) is 10.7. The topological polar surface area (TPSA) is 17.1 Å². The number of hydrogen-bond acceptors (Lipinski definition) is 1. The van der Waals surface area contributed by atoms with E-state index in [0.717, 1.165) is 11.8 Å². The lowest BCUT2D eigenvalue weighted by Gasteiger charge is -2.11. The average molecular weight is 259 g/mol. The first kappa shape index (κ1) is 11.4. The van der Waals surface area contributed by atoms with Gasteiger partial charge in [0.15, 0.2) is 0 Å². The van der Waals surface area contributed by atoms with Crippen molar-refractivity contribution in [1.29, 1.82) is 0 Å². The molecule has 0 N–H and O–H groups in total. The average Bonchev–Trinajstić information content (AvgIpc) is 2.11. The Balaban J connectivity index is 3.12. The lowest BCUT2D eigenvalue weighted by Crippen LogP contribution is -1.99. The van der Waals surface area contributed by atoms with Crippen molar-refractivity contribution in [2.45, 2.75) is 26.2 Å². The van der Waals surface area contributed by atoms with Crippen LogP contribution in [-0.2, 0) is 4.79 Å². The van der Waals surface area contributed by atoms with Crippen LogP contribution >= 0.6 is 15.9 Å². The molecule has 0 spiro atoms. The third-order valence-corrected chi connectivity index (χ3v) is 2.76. The molecule has 0 aliphatic carbocycles. The normalized spacial score (nSPS) is 12.6. The molecule has 14 heavy (non-hydrogen) atoms. The Morgan fingerprint density at radius 1 is 1.57 bits per heavy atom. The molecule has 0 amide bonds. The van der Waals surface area contributed by atoms with Crippen molar-refractivity contribution in [2.75, 3.05) is 0 Å². The highest BCUT2D eigenvalue weighted by Gasteiger charge is 2.13. The standard InChI is InChI=1S/C11H12BrFO/c1-7-5-9(8(2)3-4-14)11(13)10(12)6-7/h4-6,8H,3H2,1-2H3. The molecular weight excluding hydrogens is 247 g/mol. The third-order valence-electron chi connectivity index (χ3n) is 2.18. The number of aryl methyl sites for hydroxylation is 1. The summed E-state index contributed by atoms with van der Waals surface area (Å²) < 4.78 is 14.1. The summed E-state index contributed by atoms with van der Waals surface area (Å²) in [5.74, 6) is -0.325. The summed E-state index contributed by atoms with van der Waals surface area (Å²) >= 11 is 3.15. The third kappa shape index (κ3) is 2.41. The van der Waals surface area contributed by atoms with Crippen LogP contribution in [0.2, 0.25) is 0 Å². The summed E-state index contributed by atoms with van der Waals surface area (Å²) in [5.41, 5.74) is 1.59. The molecule has 0 aliphatic heterocycles. The molecule has 1 aromatic rings. The lowest BCUT2D eigenvalue weighted by atomic mass is 9.96. The fourth-order valence-electron chi connectivity index (χ4n) is 1.38. The summed E-state index contributed by atoms with van der Waals surface area (Å²) in [6, 6.07) is 3.51. The van der Waals surface area contributed by atoms with Gasteiger partial charge in [0.1, 0.15) is 12.1 Å². The second-order valence-corrected chi connectivity index (χ2v) is 4.31. The van der Waals surface area contributed by atoms with E-state index in [0.29, 0.717) is 16.5 Å². The molecule has 0 radical (unpaired) electrons. The van der Waals surface area contributed by atoms with Gasteiger partial charge in [0.05, 0.1) is 4.47 Å². The molecule has 0 aromatic heterocycles. The molecule has 76 valence electrons. The summed E-state index contributed by atoms with van der Waals surface area (Å²) in [6.07, 6.45) is 1.17. The molecule has 0 aliphatic rings. The molecule has 0 bridgehead atoms. The van der Waals surface area contributed by atoms with Gasteiger partial charge in [0.2, 0.25) is 0 Å². The van der Waals surface area contributed by atoms with Crippen LogP contribution in [0.15, 0.2) is 16.6 Å². The number of hydrogen-bond donors (Lipinski definition) is 0. The predicted molar refractivity (Wildman–Crippen MR) is 57.9 cm³/mol. The number of benzene rings is 1. The number of halogens is 2. The molecule has 1 rings (SSSR count). The predicted octanol–water partition coefficient (Wildman–Crippen LogP) is 3.59. The van der Waals surface area contributed by atoms with E-state index < -0.39 is 0 Å². The highest BCUT2D eigenvalue weighted by molar-refractivity contribution is 9.10. The lowest BCUT2D eigenvalue weighted by molar-refractivity contribution is -0.108. The van der Waals surface area contributed by atoms with Crippen molar-refractivity contribution in [1.82, 2.24) is 0 Å². The van der Waals surface area contributed by atoms with E-state index in [9.17, 15) is 9.18 Å². The van der Waals surface area contributed by atoms with E-state index in [1.165, 1.54) is 0 Å². The molecule has 3 heteroatoms. The number of carbonyl (C=O) groups excluding carboxylic acids is 1. The van der Waals surface area contributed by atoms with Crippen molar-refractivity contribution in [3.63, 3.8) is 0 Å². The highest BCUT2D eigenvalue weighted by Crippen LogP contribution is 2.27. The monoisotopic (exact) mass is 258 g/mol. The Morgan fingerprint density at radius 3 is 2.79 bits per heavy atom. The van der Waals surface area contributed by atoms with Crippen LogP contribution in [-0.4, -0.2) is 6.29 Å². The fraction of sp³-hybridized carbons (Fsp3) is 0.364. The maximum Gasteiger partial charge on any atom is 0.140 e. The van der Waals surface area contributed by atoms with Crippen LogP contribution in [0.5, 0.6) is 0 Å². The second-order valence-electron chi connectivity index (χ2n) is 3.45. The van der Waals surface area contributed by atoms with Crippen molar-refractivity contribution < 1.29 is 9.18 Å². The minimum Gasteiger partial charge on any atom is -0.303 e. The van der Waals surface area contributed by atoms with Gasteiger partial charge in [0.25, 0.3) is 0 Å². The van der Waals surface area contributed by atoms with Crippen LogP contribution in [0.1, 0.15) is 30.4 Å². The first-order valence-corrected chi connectivity index (χ1v) is 5.24. The van der Waals surface area contributed by atoms with E-state index in [1.807, 2.05) is 13.8 Å². The molecule has 1 nitrogen and oxygen atoms in total. The smallest absolute Gasteiger partial charge is 0.140 e. The van der Waals surface area contributed by atoms with Gasteiger partial charge < -0.3 is 4.79 Å². The second kappa shape index (κ2) is 4.69. The Hall–Kier alpha value is -0.700. The molecule has 0 heterocycles. The van der Waals surface area contributed by atoms with E-state index in [2.05, 4.69) is 15.9 Å². The van der Waals surface area contributed by atoms with Gasteiger partial charge in [-0.05, 0) is 46.0 Å². The van der Waals surface area contributed by atoms with Gasteiger partial charge >= 0.3 is 0 Å². The first-order valence-electron chi connectivity index (χ1n) is 4.45. The highest BCUT2D eigenvalue weighted by atomic mass is 79.9. The maximum atomic E-state index is 13.6. The Labute approximate surface area is 91.5 Å². The maximum absolute atomic E-state index is 13.6. The van der Waals surface area contributed by atoms with Crippen molar-refractivity contribution in [3.05, 3.63) is 33.5 Å². The van der Waals surface area contributed by atoms with Gasteiger partial charge in [-0.3, -0.25) is 0 Å². The van der Waals surface area contributed by atoms with Crippen LogP contribution in [0.25, 0.3) is 0 Å². The molecule has 1 unspecified atom stereocenters. The summed E-state index contributed by atoms with van der Waals surface area (Å²) in [5, 5.41) is 0. The number of carbonyl (C=O) groups is 1. The molecule has 1 atom stereocenters. The van der Waals surface area contributed by atoms with Crippen molar-refractivity contribution in [3.8, 4) is 0 Å². The molecule has 0 fully saturated rings. The summed E-state index contributed by atoms with van der Waals surface area (Å²) in [6.45, 7) is 3.75. The van der Waals surface area contributed by atoms with Gasteiger partial charge in [-0.15, -0.1) is 0 Å². The van der Waals surface area contributed by atoms with Crippen LogP contribution < -0.4 is 0 Å². The van der Waals surface area contributed by atoms with Crippen LogP contribution in [0.4, 0.5) is 4.39 Å². The first-order chi connectivity index (χ1) is 6.56. The number of rotatable bonds is 3. The number of aldehydes is 1. The molecule has 1 aromatic carbocycles. The minimum absolute atomic E-state index is 0.0660. The van der Waals surface area contributed by atoms with Crippen molar-refractivity contribution >= 4 is 22.2 Å². The molecule has 0 saturated carbocycles. The zero-order valence-electron chi connectivity index (χ0n) is 8.18. The van der Waals surface area contributed by atoms with Gasteiger partial charge in [-0.1, -0.05) is 13.0 Å². The molecular formula is C11H12BrFO. The fourth-order valence-corrected chi connectivity index (χ4v) is 1.97. The minimum atomic E-state index is -0.259. The van der Waals surface area contributed by atoms with Gasteiger partial charge in [-0.2, -0.15) is 0 Å². The Morgan fingerprint density at radius 2 is 2.21 bits per heavy atom. The van der Waals surface area contributed by atoms with E-state index >= 15 is 0 Å².